The van der Waals surface area contributed by atoms with Crippen LogP contribution in [0.4, 0.5) is 10.1 Å². The van der Waals surface area contributed by atoms with E-state index in [1.807, 2.05) is 24.3 Å². The summed E-state index contributed by atoms with van der Waals surface area (Å²) in [4.78, 5) is 14.5. The fraction of sp³-hybridized carbons (Fsp3) is 0.350. The number of hydrogen-bond acceptors (Lipinski definition) is 3. The van der Waals surface area contributed by atoms with Crippen molar-refractivity contribution < 1.29 is 13.9 Å². The summed E-state index contributed by atoms with van der Waals surface area (Å²) in [6.45, 7) is 7.60. The summed E-state index contributed by atoms with van der Waals surface area (Å²) in [7, 11) is 0. The smallest absolute Gasteiger partial charge is 0.228 e. The molecule has 2 aromatic rings. The van der Waals surface area contributed by atoms with Crippen LogP contribution in [0.2, 0.25) is 0 Å². The number of benzene rings is 2. The molecule has 0 saturated carbocycles. The quantitative estimate of drug-likeness (QED) is 0.754. The number of carbonyl (C=O) groups is 1. The van der Waals surface area contributed by atoms with Crippen LogP contribution >= 0.6 is 0 Å². The maximum atomic E-state index is 12.9. The van der Waals surface area contributed by atoms with Crippen molar-refractivity contribution >= 4 is 11.6 Å². The van der Waals surface area contributed by atoms with E-state index in [1.165, 1.54) is 12.1 Å². The lowest BCUT2D eigenvalue weighted by molar-refractivity contribution is -0.115. The Kier molecular flexibility index (Phi) is 7.41. The molecule has 4 nitrogen and oxygen atoms in total. The molecule has 0 aliphatic heterocycles. The molecular weight excluding hydrogens is 319 g/mol. The minimum Gasteiger partial charge on any atom is -0.490 e. The van der Waals surface area contributed by atoms with Gasteiger partial charge in [0.25, 0.3) is 0 Å². The molecule has 5 heteroatoms. The van der Waals surface area contributed by atoms with Gasteiger partial charge < -0.3 is 15.0 Å². The lowest BCUT2D eigenvalue weighted by Gasteiger charge is -2.19. The van der Waals surface area contributed by atoms with E-state index in [9.17, 15) is 9.18 Å². The van der Waals surface area contributed by atoms with Crippen LogP contribution < -0.4 is 10.1 Å². The first-order chi connectivity index (χ1) is 12.1. The molecule has 0 bridgehead atoms. The van der Waals surface area contributed by atoms with Crippen molar-refractivity contribution in [3.8, 4) is 5.75 Å². The van der Waals surface area contributed by atoms with Crippen LogP contribution in [0, 0.1) is 5.82 Å². The average Bonchev–Trinajstić information content (AvgIpc) is 2.62. The Morgan fingerprint density at radius 1 is 1.08 bits per heavy atom. The van der Waals surface area contributed by atoms with Crippen LogP contribution in [0.1, 0.15) is 19.4 Å². The first-order valence-electron chi connectivity index (χ1n) is 8.60. The number of anilines is 1. The molecule has 2 aromatic carbocycles. The van der Waals surface area contributed by atoms with Gasteiger partial charge in [-0.05, 0) is 42.9 Å². The molecule has 0 radical (unpaired) electrons. The number of likely N-dealkylation sites (N-methyl/N-ethyl adjacent to an activating group) is 1. The number of para-hydroxylation sites is 2. The number of amides is 1. The Balaban J connectivity index is 1.92. The lowest BCUT2D eigenvalue weighted by atomic mass is 10.1. The SMILES string of the molecule is CCN(CC)CCOc1ccccc1NC(=O)Cc1ccc(F)cc1. The molecule has 0 atom stereocenters. The third-order valence-electron chi connectivity index (χ3n) is 4.00. The number of hydrogen-bond donors (Lipinski definition) is 1. The maximum Gasteiger partial charge on any atom is 0.228 e. The van der Waals surface area contributed by atoms with Crippen LogP contribution in [0.3, 0.4) is 0 Å². The second-order valence-electron chi connectivity index (χ2n) is 5.72. The fourth-order valence-electron chi connectivity index (χ4n) is 2.50. The largest absolute Gasteiger partial charge is 0.490 e. The second kappa shape index (κ2) is 9.79. The van der Waals surface area contributed by atoms with Crippen LogP contribution in [-0.2, 0) is 11.2 Å². The Morgan fingerprint density at radius 2 is 1.76 bits per heavy atom. The van der Waals surface area contributed by atoms with Gasteiger partial charge in [0.05, 0.1) is 12.1 Å². The molecule has 1 N–H and O–H groups in total. The van der Waals surface area contributed by atoms with Gasteiger partial charge in [-0.3, -0.25) is 4.79 Å². The summed E-state index contributed by atoms with van der Waals surface area (Å²) in [5.41, 5.74) is 1.41. The highest BCUT2D eigenvalue weighted by molar-refractivity contribution is 5.93. The van der Waals surface area contributed by atoms with Crippen molar-refractivity contribution in [3.05, 3.63) is 59.9 Å². The van der Waals surface area contributed by atoms with Crippen molar-refractivity contribution in [2.45, 2.75) is 20.3 Å². The van der Waals surface area contributed by atoms with Crippen LogP contribution in [0.25, 0.3) is 0 Å². The highest BCUT2D eigenvalue weighted by atomic mass is 19.1. The number of rotatable bonds is 9. The Morgan fingerprint density at radius 3 is 2.44 bits per heavy atom. The Labute approximate surface area is 148 Å². The van der Waals surface area contributed by atoms with E-state index in [0.717, 1.165) is 25.2 Å². The van der Waals surface area contributed by atoms with E-state index >= 15 is 0 Å². The Bertz CT molecular complexity index is 670. The normalized spacial score (nSPS) is 10.7. The molecule has 0 aromatic heterocycles. The highest BCUT2D eigenvalue weighted by Crippen LogP contribution is 2.24. The molecule has 0 spiro atoms. The Hall–Kier alpha value is -2.40. The minimum atomic E-state index is -0.309. The highest BCUT2D eigenvalue weighted by Gasteiger charge is 2.09. The summed E-state index contributed by atoms with van der Waals surface area (Å²) < 4.78 is 18.8. The molecule has 134 valence electrons. The third kappa shape index (κ3) is 6.19. The van der Waals surface area contributed by atoms with Gasteiger partial charge >= 0.3 is 0 Å². The average molecular weight is 344 g/mol. The van der Waals surface area contributed by atoms with Gasteiger partial charge in [-0.1, -0.05) is 38.1 Å². The van der Waals surface area contributed by atoms with E-state index in [4.69, 9.17) is 4.74 Å². The number of nitrogens with one attached hydrogen (secondary N) is 1. The van der Waals surface area contributed by atoms with Gasteiger partial charge in [-0.2, -0.15) is 0 Å². The minimum absolute atomic E-state index is 0.161. The van der Waals surface area contributed by atoms with Crippen LogP contribution in [0.5, 0.6) is 5.75 Å². The molecule has 0 fully saturated rings. The van der Waals surface area contributed by atoms with Crippen molar-refractivity contribution in [3.63, 3.8) is 0 Å². The predicted octanol–water partition coefficient (Wildman–Crippen LogP) is 3.73. The first-order valence-corrected chi connectivity index (χ1v) is 8.60. The number of ether oxygens (including phenoxy) is 1. The lowest BCUT2D eigenvalue weighted by Crippen LogP contribution is -2.28. The van der Waals surface area contributed by atoms with Gasteiger partial charge in [0, 0.05) is 6.54 Å². The van der Waals surface area contributed by atoms with Gasteiger partial charge in [-0.15, -0.1) is 0 Å². The monoisotopic (exact) mass is 344 g/mol. The van der Waals surface area contributed by atoms with Crippen molar-refractivity contribution in [2.24, 2.45) is 0 Å². The molecular formula is C20H25FN2O2. The topological polar surface area (TPSA) is 41.6 Å². The molecule has 0 saturated heterocycles. The molecule has 0 aliphatic carbocycles. The van der Waals surface area contributed by atoms with Crippen LogP contribution in [0.15, 0.2) is 48.5 Å². The molecule has 1 amide bonds. The molecule has 0 aliphatic rings. The van der Waals surface area contributed by atoms with E-state index in [0.29, 0.717) is 18.0 Å². The van der Waals surface area contributed by atoms with Crippen molar-refractivity contribution in [1.82, 2.24) is 4.90 Å². The molecule has 0 heterocycles. The second-order valence-corrected chi connectivity index (χ2v) is 5.72. The summed E-state index contributed by atoms with van der Waals surface area (Å²) in [5.74, 6) is 0.185. The summed E-state index contributed by atoms with van der Waals surface area (Å²) >= 11 is 0. The third-order valence-corrected chi connectivity index (χ3v) is 4.00. The summed E-state index contributed by atoms with van der Waals surface area (Å²) in [5, 5.41) is 2.87. The van der Waals surface area contributed by atoms with Crippen LogP contribution in [-0.4, -0.2) is 37.0 Å². The van der Waals surface area contributed by atoms with Gasteiger partial charge in [0.1, 0.15) is 18.2 Å². The standard InChI is InChI=1S/C20H25FN2O2/c1-3-23(4-2)13-14-25-19-8-6-5-7-18(19)22-20(24)15-16-9-11-17(21)12-10-16/h5-12H,3-4,13-15H2,1-2H3,(H,22,24). The number of nitrogens with zero attached hydrogens (tertiary/aromatic N) is 1. The van der Waals surface area contributed by atoms with E-state index in [-0.39, 0.29) is 18.1 Å². The van der Waals surface area contributed by atoms with E-state index in [1.54, 1.807) is 12.1 Å². The number of carbonyl (C=O) groups excluding carboxylic acids is 1. The summed E-state index contributed by atoms with van der Waals surface area (Å²) in [6.07, 6.45) is 0.189. The van der Waals surface area contributed by atoms with Gasteiger partial charge in [0.15, 0.2) is 0 Å². The molecule has 2 rings (SSSR count). The fourth-order valence-corrected chi connectivity index (χ4v) is 2.50. The zero-order chi connectivity index (χ0) is 18.1. The predicted molar refractivity (Wildman–Crippen MR) is 98.5 cm³/mol. The van der Waals surface area contributed by atoms with Gasteiger partial charge in [-0.25, -0.2) is 4.39 Å². The molecule has 25 heavy (non-hydrogen) atoms. The number of halogens is 1. The maximum absolute atomic E-state index is 12.9. The van der Waals surface area contributed by atoms with E-state index < -0.39 is 0 Å². The molecule has 0 unspecified atom stereocenters. The van der Waals surface area contributed by atoms with Gasteiger partial charge in [0.2, 0.25) is 5.91 Å². The zero-order valence-corrected chi connectivity index (χ0v) is 14.8. The summed E-state index contributed by atoms with van der Waals surface area (Å²) in [6, 6.07) is 13.3. The van der Waals surface area contributed by atoms with E-state index in [2.05, 4.69) is 24.1 Å². The first kappa shape index (κ1) is 18.9. The van der Waals surface area contributed by atoms with Crippen molar-refractivity contribution in [2.75, 3.05) is 31.6 Å². The zero-order valence-electron chi connectivity index (χ0n) is 14.8. The van der Waals surface area contributed by atoms with Crippen molar-refractivity contribution in [1.29, 1.82) is 0 Å².